The van der Waals surface area contributed by atoms with E-state index in [1.165, 1.54) is 31.3 Å². The van der Waals surface area contributed by atoms with E-state index in [0.717, 1.165) is 50.9 Å². The zero-order valence-electron chi connectivity index (χ0n) is 48.5. The lowest BCUT2D eigenvalue weighted by Gasteiger charge is -2.43. The van der Waals surface area contributed by atoms with E-state index >= 15 is 0 Å². The molecule has 0 radical (unpaired) electrons. The number of nitrogens with zero attached hydrogens (tertiary/aromatic N) is 2. The highest BCUT2D eigenvalue weighted by atomic mass is 16.6. The lowest BCUT2D eigenvalue weighted by atomic mass is 9.78. The van der Waals surface area contributed by atoms with Crippen LogP contribution in [0, 0.1) is 35.5 Å². The molecule has 436 valence electrons. The Hall–Kier alpha value is -3.45. The minimum absolute atomic E-state index is 0.00711. The Morgan fingerprint density at radius 1 is 0.779 bits per heavy atom. The highest BCUT2D eigenvalue weighted by molar-refractivity contribution is 6.39. The minimum Gasteiger partial charge on any atom is -0.460 e. The summed E-state index contributed by atoms with van der Waals surface area (Å²) in [5, 5.41) is 23.7. The summed E-state index contributed by atoms with van der Waals surface area (Å²) in [5.41, 5.74) is 1.27. The number of carbonyl (C=O) groups is 5. The number of fused-ring (bicyclic) bond motifs is 3. The molecule has 3 saturated heterocycles. The molecule has 5 aliphatic rings. The van der Waals surface area contributed by atoms with Crippen molar-refractivity contribution < 1.29 is 67.3 Å². The summed E-state index contributed by atoms with van der Waals surface area (Å²) in [6.07, 6.45) is 17.3. The first-order valence-corrected chi connectivity index (χ1v) is 29.2. The monoisotopic (exact) mass is 1080 g/mol. The Morgan fingerprint density at radius 3 is 2.23 bits per heavy atom. The number of piperidine rings is 2. The predicted molar refractivity (Wildman–Crippen MR) is 295 cm³/mol. The SMILES string of the molecule is COCCO[C@H]1C[C@@H]2CC[C@@H](C)[C@@](O)(O2)C(=O)C(=O)N2CCCC[C@H]2C(=O)O[C@H]([C@H](C)C[C@@H]2CC[C@@H](OCCCN3CCCCC3)[C@H](OC)C2)CC(=O)[C@H](C)/C=C(\C)[C@@H](O)[C@@H](OC)C(=O)[C@H](C)C[C@H](C)/C=C/C=CC=C1C. The third kappa shape index (κ3) is 18.8. The molecule has 0 aromatic heterocycles. The smallest absolute Gasteiger partial charge is 0.329 e. The summed E-state index contributed by atoms with van der Waals surface area (Å²) in [7, 11) is 4.70. The Balaban J connectivity index is 1.42. The zero-order valence-corrected chi connectivity index (χ0v) is 48.5. The van der Waals surface area contributed by atoms with Gasteiger partial charge in [0.2, 0.25) is 5.79 Å². The van der Waals surface area contributed by atoms with Crippen LogP contribution in [0.15, 0.2) is 47.6 Å². The topological polar surface area (TPSA) is 197 Å². The summed E-state index contributed by atoms with van der Waals surface area (Å²) < 4.78 is 42.3. The van der Waals surface area contributed by atoms with Crippen molar-refractivity contribution in [3.8, 4) is 0 Å². The number of cyclic esters (lactones) is 1. The fourth-order valence-electron chi connectivity index (χ4n) is 12.2. The largest absolute Gasteiger partial charge is 0.460 e. The van der Waals surface area contributed by atoms with Gasteiger partial charge in [0.25, 0.3) is 11.7 Å². The second-order valence-electron chi connectivity index (χ2n) is 23.3. The lowest BCUT2D eigenvalue weighted by Crippen LogP contribution is -2.61. The van der Waals surface area contributed by atoms with Gasteiger partial charge in [-0.3, -0.25) is 19.2 Å². The molecule has 16 nitrogen and oxygen atoms in total. The predicted octanol–water partition coefficient (Wildman–Crippen LogP) is 8.10. The molecule has 0 aromatic rings. The van der Waals surface area contributed by atoms with Crippen LogP contribution >= 0.6 is 0 Å². The number of aliphatic hydroxyl groups is 2. The first-order valence-electron chi connectivity index (χ1n) is 29.2. The number of ether oxygens (including phenoxy) is 7. The summed E-state index contributed by atoms with van der Waals surface area (Å²) in [6.45, 7) is 17.6. The number of methoxy groups -OCH3 is 3. The number of ketones is 3. The van der Waals surface area contributed by atoms with Gasteiger partial charge in [0.05, 0.1) is 37.6 Å². The number of aliphatic hydroxyl groups excluding tert-OH is 1. The normalized spacial score (nSPS) is 36.3. The number of rotatable bonds is 14. The second-order valence-corrected chi connectivity index (χ2v) is 23.3. The highest BCUT2D eigenvalue weighted by Gasteiger charge is 2.53. The molecule has 1 amide bonds. The molecule has 0 unspecified atom stereocenters. The van der Waals surface area contributed by atoms with E-state index in [1.807, 2.05) is 58.1 Å². The third-order valence-electron chi connectivity index (χ3n) is 17.2. The molecule has 0 spiro atoms. The average molecular weight is 1080 g/mol. The van der Waals surface area contributed by atoms with Gasteiger partial charge in [-0.1, -0.05) is 77.5 Å². The van der Waals surface area contributed by atoms with Crippen LogP contribution in [-0.4, -0.2) is 171 Å². The van der Waals surface area contributed by atoms with E-state index in [-0.39, 0.29) is 73.9 Å². The van der Waals surface area contributed by atoms with Gasteiger partial charge in [0, 0.05) is 71.6 Å². The van der Waals surface area contributed by atoms with Gasteiger partial charge >= 0.3 is 5.97 Å². The van der Waals surface area contributed by atoms with Gasteiger partial charge in [0.1, 0.15) is 30.1 Å². The molecule has 4 aliphatic heterocycles. The minimum atomic E-state index is -2.45. The van der Waals surface area contributed by atoms with Crippen LogP contribution in [0.3, 0.4) is 0 Å². The van der Waals surface area contributed by atoms with E-state index in [9.17, 15) is 34.2 Å². The third-order valence-corrected chi connectivity index (χ3v) is 17.2. The van der Waals surface area contributed by atoms with E-state index in [2.05, 4.69) is 4.90 Å². The van der Waals surface area contributed by atoms with Crippen molar-refractivity contribution in [3.05, 3.63) is 47.6 Å². The van der Waals surface area contributed by atoms with Crippen molar-refractivity contribution in [2.75, 3.05) is 67.3 Å². The van der Waals surface area contributed by atoms with Gasteiger partial charge in [-0.15, -0.1) is 0 Å². The molecule has 4 heterocycles. The van der Waals surface area contributed by atoms with Crippen LogP contribution in [0.4, 0.5) is 0 Å². The zero-order chi connectivity index (χ0) is 56.2. The Bertz CT molecular complexity index is 2020. The van der Waals surface area contributed by atoms with Crippen molar-refractivity contribution in [1.29, 1.82) is 0 Å². The quantitative estimate of drug-likeness (QED) is 0.0732. The molecular formula is C61H98N2O14. The average Bonchev–Trinajstić information content (AvgIpc) is 3.43. The number of amides is 1. The fourth-order valence-corrected chi connectivity index (χ4v) is 12.2. The molecular weight excluding hydrogens is 985 g/mol. The number of likely N-dealkylation sites (tertiary alicyclic amines) is 1. The van der Waals surface area contributed by atoms with Crippen molar-refractivity contribution in [3.63, 3.8) is 0 Å². The number of Topliss-reactive ketones (excluding diaryl/α,β-unsaturated/α-hetero) is 3. The number of allylic oxidation sites excluding steroid dienone is 6. The summed E-state index contributed by atoms with van der Waals surface area (Å²) in [4.78, 5) is 75.6. The van der Waals surface area contributed by atoms with Gasteiger partial charge in [-0.05, 0) is 139 Å². The van der Waals surface area contributed by atoms with Gasteiger partial charge in [-0.25, -0.2) is 4.79 Å². The van der Waals surface area contributed by atoms with E-state index in [0.29, 0.717) is 57.3 Å². The second kappa shape index (κ2) is 32.1. The highest BCUT2D eigenvalue weighted by Crippen LogP contribution is 2.38. The number of hydrogen-bond acceptors (Lipinski definition) is 15. The van der Waals surface area contributed by atoms with Crippen LogP contribution < -0.4 is 0 Å². The maximum Gasteiger partial charge on any atom is 0.329 e. The van der Waals surface area contributed by atoms with Crippen LogP contribution in [0.1, 0.15) is 151 Å². The van der Waals surface area contributed by atoms with Crippen LogP contribution in [0.25, 0.3) is 0 Å². The van der Waals surface area contributed by atoms with Crippen molar-refractivity contribution in [1.82, 2.24) is 9.80 Å². The van der Waals surface area contributed by atoms with Crippen LogP contribution in [-0.2, 0) is 57.1 Å². The molecule has 15 atom stereocenters. The van der Waals surface area contributed by atoms with Crippen molar-refractivity contribution in [2.24, 2.45) is 35.5 Å². The molecule has 2 N–H and O–H groups in total. The standard InChI is InChI=1S/C61H98N2O14/c1-40-20-13-11-14-21-41(2)52(75-33-32-71-8)38-48-25-23-46(7)61(70,77-48)58(67)59(68)63-30-18-15-22-49(63)60(69)76-53(39-50(64)42(3)35-45(6)56(66)57(73-10)55(65)44(5)34-40)43(4)36-47-24-26-51(54(37-47)72-9)74-31-19-29-62-27-16-12-17-28-62/h11,13-14,20-21,35,40,42-44,46-49,51-54,56-57,66,70H,12,15-19,22-34,36-39H2,1-10H3/b14-11?,20-13+,41-21?,45-35+/t40-,42-,43-,44-,46-,47+,48+,49+,51-,52+,53+,54-,56-,57+,61-/m1/s1. The summed E-state index contributed by atoms with van der Waals surface area (Å²) in [6, 6.07) is -1.14. The Kier molecular flexibility index (Phi) is 26.8. The van der Waals surface area contributed by atoms with Gasteiger partial charge < -0.3 is 53.2 Å². The molecule has 0 aromatic carbocycles. The van der Waals surface area contributed by atoms with Gasteiger partial charge in [-0.2, -0.15) is 0 Å². The fraction of sp³-hybridized carbons (Fsp3) is 0.787. The van der Waals surface area contributed by atoms with E-state index < -0.39 is 77.8 Å². The molecule has 1 saturated carbocycles. The molecule has 77 heavy (non-hydrogen) atoms. The number of hydrogen-bond donors (Lipinski definition) is 2. The lowest BCUT2D eigenvalue weighted by molar-refractivity contribution is -0.266. The summed E-state index contributed by atoms with van der Waals surface area (Å²) >= 11 is 0. The molecule has 4 fully saturated rings. The first kappa shape index (κ1) is 64.4. The molecule has 1 aliphatic carbocycles. The number of carbonyl (C=O) groups excluding carboxylic acids is 5. The molecule has 2 bridgehead atoms. The van der Waals surface area contributed by atoms with Crippen LogP contribution in [0.2, 0.25) is 0 Å². The van der Waals surface area contributed by atoms with E-state index in [4.69, 9.17) is 33.2 Å². The first-order chi connectivity index (χ1) is 36.8. The molecule has 5 rings (SSSR count). The van der Waals surface area contributed by atoms with Gasteiger partial charge in [0.15, 0.2) is 5.78 Å². The number of esters is 1. The van der Waals surface area contributed by atoms with Crippen LogP contribution in [0.5, 0.6) is 0 Å². The Morgan fingerprint density at radius 2 is 1.52 bits per heavy atom. The summed E-state index contributed by atoms with van der Waals surface area (Å²) in [5.74, 6) is -7.85. The van der Waals surface area contributed by atoms with E-state index in [1.54, 1.807) is 41.1 Å². The molecule has 16 heteroatoms. The van der Waals surface area contributed by atoms with Crippen molar-refractivity contribution in [2.45, 2.75) is 206 Å². The maximum atomic E-state index is 14.7. The van der Waals surface area contributed by atoms with Crippen molar-refractivity contribution >= 4 is 29.2 Å². The maximum absolute atomic E-state index is 14.7. The Labute approximate surface area is 461 Å².